The second kappa shape index (κ2) is 2.74. The van der Waals surface area contributed by atoms with E-state index in [1.807, 2.05) is 16.8 Å². The van der Waals surface area contributed by atoms with Crippen molar-refractivity contribution in [3.63, 3.8) is 0 Å². The zero-order chi connectivity index (χ0) is 8.55. The first-order valence-electron chi connectivity index (χ1n) is 3.28. The number of fused-ring (bicyclic) bond motifs is 1. The summed E-state index contributed by atoms with van der Waals surface area (Å²) in [6.07, 6.45) is 5.00. The zero-order valence-corrected chi connectivity index (χ0v) is 7.67. The van der Waals surface area contributed by atoms with Gasteiger partial charge in [-0.1, -0.05) is 0 Å². The van der Waals surface area contributed by atoms with E-state index in [-0.39, 0.29) is 5.78 Å². The van der Waals surface area contributed by atoms with Crippen molar-refractivity contribution in [2.24, 2.45) is 0 Å². The molecule has 0 saturated heterocycles. The highest BCUT2D eigenvalue weighted by Gasteiger charge is 2.07. The van der Waals surface area contributed by atoms with E-state index in [1.54, 1.807) is 11.3 Å². The smallest absolute Gasteiger partial charge is 0.245 e. The molecule has 2 rings (SSSR count). The number of hydrogen-bond acceptors (Lipinski definition) is 3. The summed E-state index contributed by atoms with van der Waals surface area (Å²) < 4.78 is 1.14. The average molecular weight is 192 g/mol. The van der Waals surface area contributed by atoms with Gasteiger partial charge in [0.2, 0.25) is 5.78 Å². The Kier molecular flexibility index (Phi) is 1.72. The fourth-order valence-electron chi connectivity index (χ4n) is 0.956. The molecule has 0 unspecified atom stereocenters. The molecule has 0 amide bonds. The van der Waals surface area contributed by atoms with Crippen LogP contribution in [0.5, 0.6) is 0 Å². The van der Waals surface area contributed by atoms with Gasteiger partial charge in [0.1, 0.15) is 0 Å². The fourth-order valence-corrected chi connectivity index (χ4v) is 2.87. The second-order valence-corrected chi connectivity index (χ2v) is 4.10. The number of thiophene rings is 2. The first-order chi connectivity index (χ1) is 5.81. The maximum absolute atomic E-state index is 11.1. The summed E-state index contributed by atoms with van der Waals surface area (Å²) in [5.41, 5.74) is 0. The average Bonchev–Trinajstić information content (AvgIpc) is 2.60. The molecule has 12 heavy (non-hydrogen) atoms. The van der Waals surface area contributed by atoms with Gasteiger partial charge in [0.15, 0.2) is 0 Å². The van der Waals surface area contributed by atoms with Crippen molar-refractivity contribution >= 4 is 38.5 Å². The first-order valence-corrected chi connectivity index (χ1v) is 5.04. The highest BCUT2D eigenvalue weighted by atomic mass is 32.1. The van der Waals surface area contributed by atoms with E-state index < -0.39 is 0 Å². The molecule has 0 atom stereocenters. The molecule has 0 aliphatic rings. The Labute approximate surface area is 77.6 Å². The van der Waals surface area contributed by atoms with Gasteiger partial charge in [-0.2, -0.15) is 11.3 Å². The van der Waals surface area contributed by atoms with Crippen molar-refractivity contribution in [2.75, 3.05) is 0 Å². The van der Waals surface area contributed by atoms with Crippen LogP contribution in [0.15, 0.2) is 16.8 Å². The predicted octanol–water partition coefficient (Wildman–Crippen LogP) is 2.78. The van der Waals surface area contributed by atoms with Crippen molar-refractivity contribution in [2.45, 2.75) is 0 Å². The number of hydrogen-bond donors (Lipinski definition) is 0. The molecule has 2 aromatic heterocycles. The van der Waals surface area contributed by atoms with Gasteiger partial charge in [-0.3, -0.25) is 4.79 Å². The van der Waals surface area contributed by atoms with Crippen LogP contribution in [-0.2, 0) is 0 Å². The molecule has 0 radical (unpaired) electrons. The van der Waals surface area contributed by atoms with Crippen molar-refractivity contribution in [3.8, 4) is 12.3 Å². The van der Waals surface area contributed by atoms with E-state index in [1.165, 1.54) is 11.3 Å². The topological polar surface area (TPSA) is 17.1 Å². The van der Waals surface area contributed by atoms with E-state index in [2.05, 4.69) is 5.92 Å². The SMILES string of the molecule is C#CC(=O)c1cc2cscc2s1. The standard InChI is InChI=1S/C9H4OS2/c1-2-7(10)8-3-6-4-11-5-9(6)12-8/h1,3-5H. The van der Waals surface area contributed by atoms with Crippen LogP contribution >= 0.6 is 22.7 Å². The number of carbonyl (C=O) groups excluding carboxylic acids is 1. The molecule has 0 bridgehead atoms. The molecule has 0 fully saturated rings. The Morgan fingerprint density at radius 2 is 2.33 bits per heavy atom. The molecule has 2 heterocycles. The lowest BCUT2D eigenvalue weighted by atomic mass is 10.3. The third-order valence-electron chi connectivity index (χ3n) is 1.52. The minimum atomic E-state index is -0.221. The van der Waals surface area contributed by atoms with Crippen LogP contribution in [0.2, 0.25) is 0 Å². The maximum atomic E-state index is 11.1. The zero-order valence-electron chi connectivity index (χ0n) is 6.03. The third kappa shape index (κ3) is 1.06. The number of rotatable bonds is 1. The largest absolute Gasteiger partial charge is 0.278 e. The van der Waals surface area contributed by atoms with Crippen LogP contribution in [-0.4, -0.2) is 5.78 Å². The van der Waals surface area contributed by atoms with Crippen LogP contribution in [0, 0.1) is 12.3 Å². The number of carbonyl (C=O) groups is 1. The molecule has 0 aliphatic carbocycles. The van der Waals surface area contributed by atoms with Gasteiger partial charge in [0, 0.05) is 15.5 Å². The molecule has 58 valence electrons. The van der Waals surface area contributed by atoms with E-state index in [9.17, 15) is 4.79 Å². The van der Waals surface area contributed by atoms with Crippen LogP contribution < -0.4 is 0 Å². The molecule has 2 aromatic rings. The van der Waals surface area contributed by atoms with E-state index in [0.29, 0.717) is 4.88 Å². The minimum Gasteiger partial charge on any atom is -0.278 e. The summed E-state index contributed by atoms with van der Waals surface area (Å²) in [6, 6.07) is 1.85. The minimum absolute atomic E-state index is 0.221. The summed E-state index contributed by atoms with van der Waals surface area (Å²) in [7, 11) is 0. The Balaban J connectivity index is 2.60. The molecular weight excluding hydrogens is 188 g/mol. The lowest BCUT2D eigenvalue weighted by Gasteiger charge is -1.80. The fraction of sp³-hybridized carbons (Fsp3) is 0. The molecule has 3 heteroatoms. The molecule has 0 spiro atoms. The molecule has 0 saturated carbocycles. The first kappa shape index (κ1) is 7.53. The van der Waals surface area contributed by atoms with Crippen molar-refractivity contribution in [3.05, 3.63) is 21.7 Å². The van der Waals surface area contributed by atoms with Gasteiger partial charge in [0.25, 0.3) is 0 Å². The van der Waals surface area contributed by atoms with Gasteiger partial charge >= 0.3 is 0 Å². The Hall–Kier alpha value is -1.11. The number of terminal acetylenes is 1. The summed E-state index contributed by atoms with van der Waals surface area (Å²) in [6.45, 7) is 0. The lowest BCUT2D eigenvalue weighted by Crippen LogP contribution is -1.87. The lowest BCUT2D eigenvalue weighted by molar-refractivity contribution is 0.106. The number of Topliss-reactive ketones (excluding diaryl/α,β-unsaturated/α-hetero) is 1. The van der Waals surface area contributed by atoms with E-state index in [4.69, 9.17) is 6.42 Å². The van der Waals surface area contributed by atoms with Crippen LogP contribution in [0.3, 0.4) is 0 Å². The third-order valence-corrected chi connectivity index (χ3v) is 3.52. The van der Waals surface area contributed by atoms with Gasteiger partial charge in [-0.05, 0) is 17.4 Å². The number of ketones is 1. The van der Waals surface area contributed by atoms with Crippen molar-refractivity contribution in [1.82, 2.24) is 0 Å². The quantitative estimate of drug-likeness (QED) is 0.386. The second-order valence-electron chi connectivity index (χ2n) is 2.28. The molecular formula is C9H4OS2. The Morgan fingerprint density at radius 1 is 1.50 bits per heavy atom. The van der Waals surface area contributed by atoms with E-state index in [0.717, 1.165) is 10.1 Å². The van der Waals surface area contributed by atoms with Gasteiger partial charge < -0.3 is 0 Å². The monoisotopic (exact) mass is 192 g/mol. The highest BCUT2D eigenvalue weighted by Crippen LogP contribution is 2.28. The summed E-state index contributed by atoms with van der Waals surface area (Å²) in [4.78, 5) is 11.7. The van der Waals surface area contributed by atoms with Crippen LogP contribution in [0.25, 0.3) is 10.1 Å². The van der Waals surface area contributed by atoms with Crippen molar-refractivity contribution < 1.29 is 4.79 Å². The van der Waals surface area contributed by atoms with Gasteiger partial charge in [-0.25, -0.2) is 0 Å². The molecule has 0 N–H and O–H groups in total. The predicted molar refractivity (Wildman–Crippen MR) is 52.9 cm³/mol. The summed E-state index contributed by atoms with van der Waals surface area (Å²) in [5.74, 6) is 1.89. The Morgan fingerprint density at radius 3 is 3.00 bits per heavy atom. The maximum Gasteiger partial charge on any atom is 0.245 e. The highest BCUT2D eigenvalue weighted by molar-refractivity contribution is 7.24. The summed E-state index contributed by atoms with van der Waals surface area (Å²) in [5, 5.41) is 5.15. The van der Waals surface area contributed by atoms with Crippen LogP contribution in [0.1, 0.15) is 9.67 Å². The molecule has 0 aromatic carbocycles. The molecule has 1 nitrogen and oxygen atoms in total. The molecule has 0 aliphatic heterocycles. The van der Waals surface area contributed by atoms with Crippen molar-refractivity contribution in [1.29, 1.82) is 0 Å². The summed E-state index contributed by atoms with van der Waals surface area (Å²) >= 11 is 3.09. The Bertz CT molecular complexity index is 441. The van der Waals surface area contributed by atoms with Crippen LogP contribution in [0.4, 0.5) is 0 Å². The normalized spacial score (nSPS) is 9.92. The van der Waals surface area contributed by atoms with Gasteiger partial charge in [0.05, 0.1) is 4.88 Å². The van der Waals surface area contributed by atoms with E-state index >= 15 is 0 Å². The van der Waals surface area contributed by atoms with Gasteiger partial charge in [-0.15, -0.1) is 17.8 Å².